The van der Waals surface area contributed by atoms with E-state index in [1.54, 1.807) is 43.9 Å². The number of carbonyl (C=O) groups is 3. The van der Waals surface area contributed by atoms with Crippen molar-refractivity contribution in [2.24, 2.45) is 5.92 Å². The predicted octanol–water partition coefficient (Wildman–Crippen LogP) is 3.40. The summed E-state index contributed by atoms with van der Waals surface area (Å²) in [7, 11) is 0. The summed E-state index contributed by atoms with van der Waals surface area (Å²) in [6, 6.07) is 7.15. The number of ether oxygens (including phenoxy) is 1. The number of nitrogens with zero attached hydrogens (tertiary/aromatic N) is 1. The molecule has 2 unspecified atom stereocenters. The average molecular weight is 403 g/mol. The van der Waals surface area contributed by atoms with Gasteiger partial charge in [-0.25, -0.2) is 9.59 Å². The lowest BCUT2D eigenvalue weighted by molar-refractivity contribution is -0.144. The van der Waals surface area contributed by atoms with Crippen molar-refractivity contribution < 1.29 is 24.2 Å². The molecule has 1 saturated carbocycles. The molecule has 8 heteroatoms. The first-order valence-electron chi connectivity index (χ1n) is 10.0. The molecular formula is C21H29N3O5. The first kappa shape index (κ1) is 21.0. The molecule has 0 radical (unpaired) electrons. The van der Waals surface area contributed by atoms with Gasteiger partial charge in [0.2, 0.25) is 0 Å². The summed E-state index contributed by atoms with van der Waals surface area (Å²) >= 11 is 0. The maximum absolute atomic E-state index is 12.5. The monoisotopic (exact) mass is 403 g/mol. The van der Waals surface area contributed by atoms with Crippen LogP contribution in [0.4, 0.5) is 15.3 Å². The molecule has 2 aliphatic rings. The van der Waals surface area contributed by atoms with Gasteiger partial charge in [0.15, 0.2) is 0 Å². The second kappa shape index (κ2) is 8.31. The number of urea groups is 1. The van der Waals surface area contributed by atoms with Crippen molar-refractivity contribution in [3.8, 4) is 0 Å². The number of hydrogen-bond acceptors (Lipinski definition) is 4. The van der Waals surface area contributed by atoms with Crippen LogP contribution >= 0.6 is 0 Å². The molecule has 3 N–H and O–H groups in total. The molecule has 3 amide bonds. The smallest absolute Gasteiger partial charge is 0.410 e. The highest BCUT2D eigenvalue weighted by Gasteiger charge is 2.38. The zero-order chi connectivity index (χ0) is 21.2. The number of rotatable bonds is 4. The van der Waals surface area contributed by atoms with Gasteiger partial charge >= 0.3 is 18.1 Å². The first-order chi connectivity index (χ1) is 13.6. The topological polar surface area (TPSA) is 108 Å². The Labute approximate surface area is 170 Å². The van der Waals surface area contributed by atoms with Crippen molar-refractivity contribution in [2.45, 2.75) is 57.6 Å². The summed E-state index contributed by atoms with van der Waals surface area (Å²) < 4.78 is 5.45. The van der Waals surface area contributed by atoms with Gasteiger partial charge in [-0.3, -0.25) is 4.79 Å². The maximum atomic E-state index is 12.5. The molecule has 158 valence electrons. The summed E-state index contributed by atoms with van der Waals surface area (Å²) in [5.74, 6) is -1.88. The van der Waals surface area contributed by atoms with Crippen LogP contribution in [-0.2, 0) is 9.53 Å². The Balaban J connectivity index is 1.75. The van der Waals surface area contributed by atoms with Crippen LogP contribution < -0.4 is 10.6 Å². The fourth-order valence-electron chi connectivity index (χ4n) is 3.50. The molecule has 0 aromatic heterocycles. The van der Waals surface area contributed by atoms with E-state index in [0.717, 1.165) is 18.4 Å². The van der Waals surface area contributed by atoms with Crippen LogP contribution in [0.15, 0.2) is 24.3 Å². The number of aliphatic carboxylic acids is 1. The van der Waals surface area contributed by atoms with E-state index in [1.165, 1.54) is 0 Å². The van der Waals surface area contributed by atoms with E-state index in [9.17, 15) is 19.5 Å². The van der Waals surface area contributed by atoms with Crippen LogP contribution in [0.25, 0.3) is 0 Å². The Morgan fingerprint density at radius 2 is 1.90 bits per heavy atom. The number of carboxylic acids is 1. The standard InChI is InChI=1S/C21H29N3O5/c1-21(2,3)29-20(28)24-10-9-16(18(25)26)17(12-24)13-5-4-6-15(11-13)23-19(27)22-14-7-8-14/h4-6,11,14,16-17H,7-10,12H2,1-3H3,(H,25,26)(H2,22,23,27). The number of nitrogens with one attached hydrogen (secondary N) is 2. The van der Waals surface area contributed by atoms with Crippen molar-refractivity contribution in [1.29, 1.82) is 0 Å². The quantitative estimate of drug-likeness (QED) is 0.714. The van der Waals surface area contributed by atoms with E-state index in [-0.39, 0.29) is 24.5 Å². The van der Waals surface area contributed by atoms with E-state index >= 15 is 0 Å². The Morgan fingerprint density at radius 3 is 2.52 bits per heavy atom. The first-order valence-corrected chi connectivity index (χ1v) is 10.0. The number of anilines is 1. The third-order valence-corrected chi connectivity index (χ3v) is 5.07. The number of amides is 3. The Morgan fingerprint density at radius 1 is 1.17 bits per heavy atom. The predicted molar refractivity (Wildman–Crippen MR) is 108 cm³/mol. The molecule has 2 fully saturated rings. The van der Waals surface area contributed by atoms with Gasteiger partial charge in [0.1, 0.15) is 5.60 Å². The van der Waals surface area contributed by atoms with Gasteiger partial charge in [0, 0.05) is 30.7 Å². The van der Waals surface area contributed by atoms with E-state index in [4.69, 9.17) is 4.74 Å². The minimum atomic E-state index is -0.885. The van der Waals surface area contributed by atoms with Gasteiger partial charge in [-0.2, -0.15) is 0 Å². The Kier molecular flexibility index (Phi) is 6.00. The summed E-state index contributed by atoms with van der Waals surface area (Å²) in [4.78, 5) is 37.9. The molecular weight excluding hydrogens is 374 g/mol. The summed E-state index contributed by atoms with van der Waals surface area (Å²) in [6.07, 6.45) is 1.90. The summed E-state index contributed by atoms with van der Waals surface area (Å²) in [5.41, 5.74) is 0.753. The highest BCUT2D eigenvalue weighted by molar-refractivity contribution is 5.89. The van der Waals surface area contributed by atoms with E-state index in [0.29, 0.717) is 18.7 Å². The molecule has 2 atom stereocenters. The van der Waals surface area contributed by atoms with Crippen molar-refractivity contribution in [3.05, 3.63) is 29.8 Å². The van der Waals surface area contributed by atoms with Gasteiger partial charge in [-0.05, 0) is 57.7 Å². The van der Waals surface area contributed by atoms with Crippen LogP contribution in [0.2, 0.25) is 0 Å². The van der Waals surface area contributed by atoms with Crippen molar-refractivity contribution >= 4 is 23.8 Å². The number of carboxylic acid groups (broad SMARTS) is 1. The van der Waals surface area contributed by atoms with Gasteiger partial charge < -0.3 is 25.4 Å². The number of benzene rings is 1. The highest BCUT2D eigenvalue weighted by Crippen LogP contribution is 2.34. The molecule has 0 spiro atoms. The van der Waals surface area contributed by atoms with Crippen LogP contribution in [0.3, 0.4) is 0 Å². The number of likely N-dealkylation sites (tertiary alicyclic amines) is 1. The van der Waals surface area contributed by atoms with Gasteiger partial charge in [-0.15, -0.1) is 0 Å². The summed E-state index contributed by atoms with van der Waals surface area (Å²) in [5, 5.41) is 15.3. The normalized spacial score (nSPS) is 22.0. The maximum Gasteiger partial charge on any atom is 0.410 e. The molecule has 1 saturated heterocycles. The third-order valence-electron chi connectivity index (χ3n) is 5.07. The van der Waals surface area contributed by atoms with Crippen LogP contribution in [0, 0.1) is 5.92 Å². The van der Waals surface area contributed by atoms with E-state index in [2.05, 4.69) is 10.6 Å². The lowest BCUT2D eigenvalue weighted by atomic mass is 9.80. The highest BCUT2D eigenvalue weighted by atomic mass is 16.6. The van der Waals surface area contributed by atoms with Crippen molar-refractivity contribution in [1.82, 2.24) is 10.2 Å². The zero-order valence-corrected chi connectivity index (χ0v) is 17.1. The number of piperidine rings is 1. The molecule has 8 nitrogen and oxygen atoms in total. The van der Waals surface area contributed by atoms with Crippen LogP contribution in [0.5, 0.6) is 0 Å². The minimum absolute atomic E-state index is 0.246. The molecule has 1 aliphatic heterocycles. The second-order valence-corrected chi connectivity index (χ2v) is 8.76. The molecule has 1 aromatic carbocycles. The molecule has 1 aromatic rings. The molecule has 0 bridgehead atoms. The largest absolute Gasteiger partial charge is 0.481 e. The molecule has 1 heterocycles. The Bertz CT molecular complexity index is 785. The third kappa shape index (κ3) is 5.85. The fourth-order valence-corrected chi connectivity index (χ4v) is 3.50. The average Bonchev–Trinajstić information content (AvgIpc) is 3.43. The molecule has 29 heavy (non-hydrogen) atoms. The lowest BCUT2D eigenvalue weighted by Gasteiger charge is -2.37. The second-order valence-electron chi connectivity index (χ2n) is 8.76. The summed E-state index contributed by atoms with van der Waals surface area (Å²) in [6.45, 7) is 5.99. The van der Waals surface area contributed by atoms with Gasteiger partial charge in [0.05, 0.1) is 5.92 Å². The number of hydrogen-bond donors (Lipinski definition) is 3. The SMILES string of the molecule is CC(C)(C)OC(=O)N1CCC(C(=O)O)C(c2cccc(NC(=O)NC3CC3)c2)C1. The lowest BCUT2D eigenvalue weighted by Crippen LogP contribution is -2.46. The Hall–Kier alpha value is -2.77. The minimum Gasteiger partial charge on any atom is -0.481 e. The van der Waals surface area contributed by atoms with Crippen molar-refractivity contribution in [2.75, 3.05) is 18.4 Å². The van der Waals surface area contributed by atoms with Gasteiger partial charge in [0.25, 0.3) is 0 Å². The molecule has 1 aliphatic carbocycles. The zero-order valence-electron chi connectivity index (χ0n) is 17.1. The molecule has 3 rings (SSSR count). The number of carbonyl (C=O) groups excluding carboxylic acids is 2. The fraction of sp³-hybridized carbons (Fsp3) is 0.571. The van der Waals surface area contributed by atoms with Crippen molar-refractivity contribution in [3.63, 3.8) is 0 Å². The van der Waals surface area contributed by atoms with Crippen LogP contribution in [0.1, 0.15) is 51.5 Å². The van der Waals surface area contributed by atoms with Gasteiger partial charge in [-0.1, -0.05) is 12.1 Å². The van der Waals surface area contributed by atoms with E-state index in [1.807, 2.05) is 6.07 Å². The van der Waals surface area contributed by atoms with E-state index < -0.39 is 23.6 Å². The van der Waals surface area contributed by atoms with Crippen LogP contribution in [-0.4, -0.2) is 52.8 Å².